The van der Waals surface area contributed by atoms with Crippen LogP contribution < -0.4 is 5.32 Å². The molecule has 1 saturated carbocycles. The molecular weight excluding hydrogens is 240 g/mol. The smallest absolute Gasteiger partial charge is 0.244 e. The Labute approximate surface area is 113 Å². The first kappa shape index (κ1) is 13.6. The molecule has 0 bridgehead atoms. The highest BCUT2D eigenvalue weighted by atomic mass is 16.2. The van der Waals surface area contributed by atoms with Crippen molar-refractivity contribution in [2.75, 3.05) is 11.9 Å². The Kier molecular flexibility index (Phi) is 4.18. The summed E-state index contributed by atoms with van der Waals surface area (Å²) in [5.74, 6) is -0.192. The molecule has 1 aromatic carbocycles. The Bertz CT molecular complexity index is 482. The first-order chi connectivity index (χ1) is 9.20. The van der Waals surface area contributed by atoms with E-state index in [9.17, 15) is 10.1 Å². The summed E-state index contributed by atoms with van der Waals surface area (Å²) in [6.07, 6.45) is 3.79. The minimum Gasteiger partial charge on any atom is -0.396 e. The number of aliphatic hydroxyl groups excluding tert-OH is 1. The van der Waals surface area contributed by atoms with E-state index in [1.54, 1.807) is 0 Å². The monoisotopic (exact) mass is 258 g/mol. The summed E-state index contributed by atoms with van der Waals surface area (Å²) in [4.78, 5) is 12.2. The molecule has 2 N–H and O–H groups in total. The van der Waals surface area contributed by atoms with E-state index in [1.807, 2.05) is 24.3 Å². The van der Waals surface area contributed by atoms with Gasteiger partial charge in [-0.25, -0.2) is 0 Å². The normalized spacial score (nSPS) is 16.8. The van der Waals surface area contributed by atoms with Gasteiger partial charge in [0.15, 0.2) is 0 Å². The van der Waals surface area contributed by atoms with Crippen molar-refractivity contribution in [1.29, 1.82) is 5.26 Å². The van der Waals surface area contributed by atoms with Crippen molar-refractivity contribution >= 4 is 11.6 Å². The number of anilines is 1. The maximum atomic E-state index is 12.2. The molecule has 19 heavy (non-hydrogen) atoms. The Morgan fingerprint density at radius 1 is 1.32 bits per heavy atom. The number of carbonyl (C=O) groups is 1. The zero-order valence-corrected chi connectivity index (χ0v) is 10.9. The van der Waals surface area contributed by atoms with Crippen molar-refractivity contribution in [2.24, 2.45) is 5.41 Å². The standard InChI is InChI=1S/C15H18N2O2/c16-11-15(8-1-2-9-15)14(19)17-13-5-3-12(4-6-13)7-10-18/h3-6,18H,1-2,7-10H2,(H,17,19). The van der Waals surface area contributed by atoms with Gasteiger partial charge >= 0.3 is 0 Å². The van der Waals surface area contributed by atoms with Gasteiger partial charge in [0.1, 0.15) is 5.41 Å². The minimum atomic E-state index is -0.843. The number of aliphatic hydroxyl groups is 1. The quantitative estimate of drug-likeness (QED) is 0.869. The van der Waals surface area contributed by atoms with Crippen LogP contribution in [0.4, 0.5) is 5.69 Å². The molecule has 0 atom stereocenters. The van der Waals surface area contributed by atoms with Gasteiger partial charge in [0.05, 0.1) is 6.07 Å². The Morgan fingerprint density at radius 2 is 1.95 bits per heavy atom. The van der Waals surface area contributed by atoms with Crippen molar-refractivity contribution in [2.45, 2.75) is 32.1 Å². The van der Waals surface area contributed by atoms with Gasteiger partial charge in [0.2, 0.25) is 5.91 Å². The summed E-state index contributed by atoms with van der Waals surface area (Å²) in [7, 11) is 0. The fraction of sp³-hybridized carbons (Fsp3) is 0.467. The van der Waals surface area contributed by atoms with Gasteiger partial charge in [-0.15, -0.1) is 0 Å². The van der Waals surface area contributed by atoms with Gasteiger partial charge in [0.25, 0.3) is 0 Å². The largest absolute Gasteiger partial charge is 0.396 e. The number of nitrogens with one attached hydrogen (secondary N) is 1. The van der Waals surface area contributed by atoms with Crippen LogP contribution in [0.25, 0.3) is 0 Å². The highest BCUT2D eigenvalue weighted by molar-refractivity contribution is 5.97. The Balaban J connectivity index is 2.04. The summed E-state index contributed by atoms with van der Waals surface area (Å²) in [5, 5.41) is 20.9. The lowest BCUT2D eigenvalue weighted by atomic mass is 9.87. The summed E-state index contributed by atoms with van der Waals surface area (Å²) in [5.41, 5.74) is 0.883. The second-order valence-electron chi connectivity index (χ2n) is 5.03. The van der Waals surface area contributed by atoms with Gasteiger partial charge < -0.3 is 10.4 Å². The second kappa shape index (κ2) is 5.85. The Morgan fingerprint density at radius 3 is 2.47 bits per heavy atom. The van der Waals surface area contributed by atoms with Gasteiger partial charge in [-0.3, -0.25) is 4.79 Å². The zero-order chi connectivity index (χ0) is 13.7. The second-order valence-corrected chi connectivity index (χ2v) is 5.03. The number of benzene rings is 1. The van der Waals surface area contributed by atoms with E-state index in [1.165, 1.54) is 0 Å². The fourth-order valence-corrected chi connectivity index (χ4v) is 2.50. The molecular formula is C15H18N2O2. The topological polar surface area (TPSA) is 73.1 Å². The molecule has 0 saturated heterocycles. The molecule has 0 heterocycles. The molecule has 4 nitrogen and oxygen atoms in total. The zero-order valence-electron chi connectivity index (χ0n) is 10.9. The Hall–Kier alpha value is -1.86. The van der Waals surface area contributed by atoms with Crippen molar-refractivity contribution < 1.29 is 9.90 Å². The molecule has 1 fully saturated rings. The molecule has 0 aromatic heterocycles. The van der Waals surface area contributed by atoms with Gasteiger partial charge in [-0.2, -0.15) is 5.26 Å². The highest BCUT2D eigenvalue weighted by Crippen LogP contribution is 2.38. The molecule has 1 amide bonds. The van der Waals surface area contributed by atoms with Crippen LogP contribution in [0.2, 0.25) is 0 Å². The third kappa shape index (κ3) is 2.94. The number of rotatable bonds is 4. The van der Waals surface area contributed by atoms with E-state index in [0.717, 1.165) is 18.4 Å². The number of hydrogen-bond donors (Lipinski definition) is 2. The van der Waals surface area contributed by atoms with E-state index in [4.69, 9.17) is 5.11 Å². The van der Waals surface area contributed by atoms with Crippen molar-refractivity contribution in [3.05, 3.63) is 29.8 Å². The average molecular weight is 258 g/mol. The number of carbonyl (C=O) groups excluding carboxylic acids is 1. The summed E-state index contributed by atoms with van der Waals surface area (Å²) in [6.45, 7) is 0.114. The van der Waals surface area contributed by atoms with E-state index < -0.39 is 5.41 Å². The molecule has 1 aliphatic carbocycles. The predicted molar refractivity (Wildman–Crippen MR) is 72.4 cm³/mol. The van der Waals surface area contributed by atoms with Crippen LogP contribution in [0.5, 0.6) is 0 Å². The van der Waals surface area contributed by atoms with Crippen LogP contribution >= 0.6 is 0 Å². The number of nitrogens with zero attached hydrogens (tertiary/aromatic N) is 1. The maximum absolute atomic E-state index is 12.2. The molecule has 0 radical (unpaired) electrons. The molecule has 0 unspecified atom stereocenters. The van der Waals surface area contributed by atoms with E-state index >= 15 is 0 Å². The van der Waals surface area contributed by atoms with Crippen LogP contribution in [0, 0.1) is 16.7 Å². The summed E-state index contributed by atoms with van der Waals surface area (Å²) >= 11 is 0. The number of hydrogen-bond acceptors (Lipinski definition) is 3. The maximum Gasteiger partial charge on any atom is 0.244 e. The average Bonchev–Trinajstić information content (AvgIpc) is 2.91. The molecule has 1 aromatic rings. The van der Waals surface area contributed by atoms with Gasteiger partial charge in [-0.1, -0.05) is 25.0 Å². The molecule has 0 spiro atoms. The fourth-order valence-electron chi connectivity index (χ4n) is 2.50. The van der Waals surface area contributed by atoms with Crippen LogP contribution in [-0.4, -0.2) is 17.6 Å². The van der Waals surface area contributed by atoms with Crippen molar-refractivity contribution in [3.8, 4) is 6.07 Å². The SMILES string of the molecule is N#CC1(C(=O)Nc2ccc(CCO)cc2)CCCC1. The molecule has 0 aliphatic heterocycles. The van der Waals surface area contributed by atoms with E-state index in [2.05, 4.69) is 11.4 Å². The molecule has 100 valence electrons. The predicted octanol–water partition coefficient (Wildman–Crippen LogP) is 2.24. The molecule has 2 rings (SSSR count). The van der Waals surface area contributed by atoms with Crippen LogP contribution in [-0.2, 0) is 11.2 Å². The summed E-state index contributed by atoms with van der Waals surface area (Å²) < 4.78 is 0. The lowest BCUT2D eigenvalue weighted by Crippen LogP contribution is -2.32. The first-order valence-electron chi connectivity index (χ1n) is 6.63. The first-order valence-corrected chi connectivity index (χ1v) is 6.63. The van der Waals surface area contributed by atoms with Crippen LogP contribution in [0.3, 0.4) is 0 Å². The summed E-state index contributed by atoms with van der Waals surface area (Å²) in [6, 6.07) is 9.55. The van der Waals surface area contributed by atoms with Crippen molar-refractivity contribution in [1.82, 2.24) is 0 Å². The number of amides is 1. The third-order valence-electron chi connectivity index (χ3n) is 3.72. The lowest BCUT2D eigenvalue weighted by Gasteiger charge is -2.19. The van der Waals surface area contributed by atoms with Gasteiger partial charge in [0, 0.05) is 12.3 Å². The van der Waals surface area contributed by atoms with Crippen molar-refractivity contribution in [3.63, 3.8) is 0 Å². The van der Waals surface area contributed by atoms with Gasteiger partial charge in [-0.05, 0) is 37.0 Å². The van der Waals surface area contributed by atoms with E-state index in [-0.39, 0.29) is 12.5 Å². The number of nitriles is 1. The lowest BCUT2D eigenvalue weighted by molar-refractivity contribution is -0.122. The molecule has 4 heteroatoms. The van der Waals surface area contributed by atoms with Crippen LogP contribution in [0.15, 0.2) is 24.3 Å². The molecule has 1 aliphatic rings. The van der Waals surface area contributed by atoms with E-state index in [0.29, 0.717) is 24.9 Å². The van der Waals surface area contributed by atoms with Crippen LogP contribution in [0.1, 0.15) is 31.2 Å². The third-order valence-corrected chi connectivity index (χ3v) is 3.72. The highest BCUT2D eigenvalue weighted by Gasteiger charge is 2.41. The minimum absolute atomic E-state index is 0.114.